The number of hydrogen-bond donors (Lipinski definition) is 2. The Morgan fingerprint density at radius 3 is 2.68 bits per heavy atom. The summed E-state index contributed by atoms with van der Waals surface area (Å²) < 4.78 is 5.27. The van der Waals surface area contributed by atoms with Gasteiger partial charge in [0, 0.05) is 13.1 Å². The topological polar surface area (TPSA) is 87.1 Å². The van der Waals surface area contributed by atoms with Crippen LogP contribution in [0, 0.1) is 0 Å². The molecule has 0 aliphatic carbocycles. The van der Waals surface area contributed by atoms with Crippen LogP contribution in [0.25, 0.3) is 0 Å². The molecule has 1 aliphatic rings. The van der Waals surface area contributed by atoms with Crippen molar-refractivity contribution in [3.63, 3.8) is 0 Å². The van der Waals surface area contributed by atoms with E-state index in [1.165, 1.54) is 12.0 Å². The van der Waals surface area contributed by atoms with Gasteiger partial charge in [0.25, 0.3) is 5.91 Å². The number of aliphatic hydroxyl groups excluding tert-OH is 1. The number of aliphatic carboxylic acids is 1. The molecule has 25 heavy (non-hydrogen) atoms. The van der Waals surface area contributed by atoms with Gasteiger partial charge >= 0.3 is 5.97 Å². The van der Waals surface area contributed by atoms with E-state index in [9.17, 15) is 19.8 Å². The summed E-state index contributed by atoms with van der Waals surface area (Å²) in [6.45, 7) is 0.308. The van der Waals surface area contributed by atoms with Gasteiger partial charge in [-0.05, 0) is 28.8 Å². The Morgan fingerprint density at radius 2 is 2.00 bits per heavy atom. The highest BCUT2D eigenvalue weighted by Crippen LogP contribution is 2.31. The molecular weight excluding hydrogens is 322 g/mol. The number of benzene rings is 2. The number of carbonyl (C=O) groups is 2. The average molecular weight is 341 g/mol. The molecular formula is C19H19NO5. The molecule has 3 rings (SSSR count). The van der Waals surface area contributed by atoms with Gasteiger partial charge in [-0.2, -0.15) is 0 Å². The number of carbonyl (C=O) groups excluding carboxylic acids is 1. The lowest BCUT2D eigenvalue weighted by Crippen LogP contribution is -2.40. The van der Waals surface area contributed by atoms with Crippen molar-refractivity contribution in [1.29, 1.82) is 0 Å². The average Bonchev–Trinajstić information content (AvgIpc) is 2.65. The van der Waals surface area contributed by atoms with Crippen LogP contribution < -0.4 is 4.74 Å². The van der Waals surface area contributed by atoms with Gasteiger partial charge in [-0.25, -0.2) is 0 Å². The van der Waals surface area contributed by atoms with Crippen LogP contribution in [0.2, 0.25) is 0 Å². The number of ether oxygens (including phenoxy) is 1. The lowest BCUT2D eigenvalue weighted by Gasteiger charge is -2.33. The lowest BCUT2D eigenvalue weighted by atomic mass is 9.89. The molecule has 6 nitrogen and oxygen atoms in total. The Morgan fingerprint density at radius 1 is 1.24 bits per heavy atom. The van der Waals surface area contributed by atoms with Crippen LogP contribution in [0.4, 0.5) is 0 Å². The van der Waals surface area contributed by atoms with Gasteiger partial charge in [-0.3, -0.25) is 9.59 Å². The van der Waals surface area contributed by atoms with E-state index in [1.54, 1.807) is 24.3 Å². The van der Waals surface area contributed by atoms with E-state index >= 15 is 0 Å². The number of amides is 1. The SMILES string of the molecule is COc1cc(CO)ccc1C(=O)N1Cc2ccccc2C(C(=O)O)C1. The summed E-state index contributed by atoms with van der Waals surface area (Å²) in [5, 5.41) is 18.8. The van der Waals surface area contributed by atoms with Crippen LogP contribution in [0.1, 0.15) is 33.0 Å². The van der Waals surface area contributed by atoms with Crippen LogP contribution in [0.15, 0.2) is 42.5 Å². The molecule has 2 aromatic carbocycles. The van der Waals surface area contributed by atoms with Crippen molar-refractivity contribution in [1.82, 2.24) is 4.90 Å². The lowest BCUT2D eigenvalue weighted by molar-refractivity contribution is -0.139. The van der Waals surface area contributed by atoms with Crippen molar-refractivity contribution >= 4 is 11.9 Å². The van der Waals surface area contributed by atoms with Crippen molar-refractivity contribution in [3.05, 3.63) is 64.7 Å². The second-order valence-corrected chi connectivity index (χ2v) is 5.97. The Hall–Kier alpha value is -2.86. The van der Waals surface area contributed by atoms with Gasteiger partial charge in [-0.15, -0.1) is 0 Å². The molecule has 1 heterocycles. The molecule has 1 atom stereocenters. The van der Waals surface area contributed by atoms with Crippen molar-refractivity contribution in [2.75, 3.05) is 13.7 Å². The number of nitrogens with zero attached hydrogens (tertiary/aromatic N) is 1. The van der Waals surface area contributed by atoms with Crippen molar-refractivity contribution in [2.24, 2.45) is 0 Å². The second-order valence-electron chi connectivity index (χ2n) is 5.97. The first-order chi connectivity index (χ1) is 12.0. The Labute approximate surface area is 145 Å². The predicted octanol–water partition coefficient (Wildman–Crippen LogP) is 2.01. The van der Waals surface area contributed by atoms with Gasteiger partial charge < -0.3 is 19.8 Å². The molecule has 0 saturated carbocycles. The Bertz CT molecular complexity index is 817. The summed E-state index contributed by atoms with van der Waals surface area (Å²) in [6, 6.07) is 12.2. The number of fused-ring (bicyclic) bond motifs is 1. The first kappa shape index (κ1) is 17.0. The van der Waals surface area contributed by atoms with E-state index in [2.05, 4.69) is 0 Å². The zero-order valence-electron chi connectivity index (χ0n) is 13.8. The van der Waals surface area contributed by atoms with Crippen LogP contribution in [-0.4, -0.2) is 40.6 Å². The summed E-state index contributed by atoms with van der Waals surface area (Å²) in [5.74, 6) is -1.63. The number of hydrogen-bond acceptors (Lipinski definition) is 4. The number of methoxy groups -OCH3 is 1. The Balaban J connectivity index is 1.95. The van der Waals surface area contributed by atoms with E-state index in [4.69, 9.17) is 4.74 Å². The molecule has 0 spiro atoms. The maximum Gasteiger partial charge on any atom is 0.312 e. The molecule has 2 N–H and O–H groups in total. The number of carboxylic acids is 1. The van der Waals surface area contributed by atoms with E-state index in [-0.39, 0.29) is 19.1 Å². The van der Waals surface area contributed by atoms with E-state index in [1.807, 2.05) is 18.2 Å². The third-order valence-electron chi connectivity index (χ3n) is 4.46. The zero-order valence-corrected chi connectivity index (χ0v) is 13.8. The fourth-order valence-corrected chi connectivity index (χ4v) is 3.15. The molecule has 1 amide bonds. The summed E-state index contributed by atoms with van der Waals surface area (Å²) in [6.07, 6.45) is 0. The van der Waals surface area contributed by atoms with Crippen molar-refractivity contribution in [2.45, 2.75) is 19.1 Å². The van der Waals surface area contributed by atoms with Crippen LogP contribution in [0.3, 0.4) is 0 Å². The highest BCUT2D eigenvalue weighted by molar-refractivity contribution is 5.97. The van der Waals surface area contributed by atoms with E-state index in [0.717, 1.165) is 11.1 Å². The van der Waals surface area contributed by atoms with E-state index in [0.29, 0.717) is 23.4 Å². The molecule has 130 valence electrons. The smallest absolute Gasteiger partial charge is 0.312 e. The molecule has 0 fully saturated rings. The third kappa shape index (κ3) is 3.21. The predicted molar refractivity (Wildman–Crippen MR) is 90.5 cm³/mol. The third-order valence-corrected chi connectivity index (χ3v) is 4.46. The highest BCUT2D eigenvalue weighted by Gasteiger charge is 2.33. The normalized spacial score (nSPS) is 16.2. The molecule has 0 bridgehead atoms. The maximum absolute atomic E-state index is 12.9. The van der Waals surface area contributed by atoms with Gasteiger partial charge in [0.2, 0.25) is 0 Å². The first-order valence-corrected chi connectivity index (χ1v) is 7.92. The van der Waals surface area contributed by atoms with E-state index < -0.39 is 11.9 Å². The fraction of sp³-hybridized carbons (Fsp3) is 0.263. The monoisotopic (exact) mass is 341 g/mol. The summed E-state index contributed by atoms with van der Waals surface area (Å²) in [4.78, 5) is 26.1. The van der Waals surface area contributed by atoms with Gasteiger partial charge in [0.05, 0.1) is 25.2 Å². The van der Waals surface area contributed by atoms with Crippen molar-refractivity contribution in [3.8, 4) is 5.75 Å². The summed E-state index contributed by atoms with van der Waals surface area (Å²) in [5.41, 5.74) is 2.58. The Kier molecular flexibility index (Phi) is 4.72. The molecule has 0 saturated heterocycles. The summed E-state index contributed by atoms with van der Waals surface area (Å²) >= 11 is 0. The van der Waals surface area contributed by atoms with Crippen LogP contribution >= 0.6 is 0 Å². The molecule has 1 aliphatic heterocycles. The quantitative estimate of drug-likeness (QED) is 0.888. The van der Waals surface area contributed by atoms with Crippen LogP contribution in [-0.2, 0) is 17.9 Å². The molecule has 2 aromatic rings. The molecule has 6 heteroatoms. The van der Waals surface area contributed by atoms with Gasteiger partial charge in [0.15, 0.2) is 0 Å². The molecule has 0 radical (unpaired) electrons. The highest BCUT2D eigenvalue weighted by atomic mass is 16.5. The largest absolute Gasteiger partial charge is 0.496 e. The minimum absolute atomic E-state index is 0.107. The minimum atomic E-state index is -0.951. The van der Waals surface area contributed by atoms with Crippen molar-refractivity contribution < 1.29 is 24.5 Å². The maximum atomic E-state index is 12.9. The minimum Gasteiger partial charge on any atom is -0.496 e. The number of aliphatic hydroxyl groups is 1. The van der Waals surface area contributed by atoms with Gasteiger partial charge in [0.1, 0.15) is 5.75 Å². The molecule has 1 unspecified atom stereocenters. The number of rotatable bonds is 4. The standard InChI is InChI=1S/C19H19NO5/c1-25-17-8-12(11-21)6-7-15(17)18(22)20-9-13-4-2-3-5-14(13)16(10-20)19(23)24/h2-8,16,21H,9-11H2,1H3,(H,23,24). The number of carboxylic acid groups (broad SMARTS) is 1. The molecule has 0 aromatic heterocycles. The zero-order chi connectivity index (χ0) is 18.0. The first-order valence-electron chi connectivity index (χ1n) is 7.92. The summed E-state index contributed by atoms with van der Waals surface area (Å²) in [7, 11) is 1.46. The second kappa shape index (κ2) is 6.94. The fourth-order valence-electron chi connectivity index (χ4n) is 3.15. The van der Waals surface area contributed by atoms with Gasteiger partial charge in [-0.1, -0.05) is 30.3 Å². The van der Waals surface area contributed by atoms with Crippen LogP contribution in [0.5, 0.6) is 5.75 Å².